The second kappa shape index (κ2) is 7.04. The molecule has 0 saturated carbocycles. The Morgan fingerprint density at radius 1 is 1.32 bits per heavy atom. The molecule has 2 atom stereocenters. The molecule has 3 nitrogen and oxygen atoms in total. The van der Waals surface area contributed by atoms with Crippen LogP contribution in [0.2, 0.25) is 0 Å². The number of nitrogens with zero attached hydrogens (tertiary/aromatic N) is 1. The molecular weight excluding hydrogens is 238 g/mol. The minimum atomic E-state index is 0.112. The van der Waals surface area contributed by atoms with Crippen molar-refractivity contribution in [3.05, 3.63) is 35.4 Å². The van der Waals surface area contributed by atoms with Gasteiger partial charge in [-0.3, -0.25) is 4.90 Å². The third kappa shape index (κ3) is 3.78. The van der Waals surface area contributed by atoms with Crippen LogP contribution in [-0.4, -0.2) is 49.0 Å². The van der Waals surface area contributed by atoms with Crippen molar-refractivity contribution in [1.29, 1.82) is 0 Å². The van der Waals surface area contributed by atoms with Crippen molar-refractivity contribution < 1.29 is 9.84 Å². The molecule has 19 heavy (non-hydrogen) atoms. The van der Waals surface area contributed by atoms with Crippen LogP contribution >= 0.6 is 0 Å². The smallest absolute Gasteiger partial charge is 0.0698 e. The summed E-state index contributed by atoms with van der Waals surface area (Å²) < 4.78 is 5.37. The lowest BCUT2D eigenvalue weighted by molar-refractivity contribution is 0.0722. The molecule has 1 aliphatic rings. The summed E-state index contributed by atoms with van der Waals surface area (Å²) in [7, 11) is 0. The van der Waals surface area contributed by atoms with Crippen LogP contribution in [0.4, 0.5) is 0 Å². The molecule has 0 spiro atoms. The van der Waals surface area contributed by atoms with Crippen molar-refractivity contribution in [3.63, 3.8) is 0 Å². The fraction of sp³-hybridized carbons (Fsp3) is 0.625. The summed E-state index contributed by atoms with van der Waals surface area (Å²) in [6.45, 7) is 7.85. The minimum Gasteiger partial charge on any atom is -0.394 e. The van der Waals surface area contributed by atoms with Crippen LogP contribution in [0, 0.1) is 6.92 Å². The van der Waals surface area contributed by atoms with Crippen LogP contribution in [0.3, 0.4) is 0 Å². The van der Waals surface area contributed by atoms with Crippen LogP contribution in [0.5, 0.6) is 0 Å². The Balaban J connectivity index is 1.88. The highest BCUT2D eigenvalue weighted by molar-refractivity contribution is 5.30. The first-order chi connectivity index (χ1) is 9.22. The fourth-order valence-corrected chi connectivity index (χ4v) is 3.03. The van der Waals surface area contributed by atoms with E-state index in [1.807, 2.05) is 0 Å². The zero-order valence-corrected chi connectivity index (χ0v) is 12.0. The standard InChI is InChI=1S/C16H25NO2/c1-13-5-3-4-6-16(13)15-11-14(2)17(12-15)7-9-19-10-8-18/h3-6,14-15,18H,7-12H2,1-2H3. The maximum atomic E-state index is 8.69. The number of benzene rings is 1. The molecule has 1 aliphatic heterocycles. The van der Waals surface area contributed by atoms with Crippen molar-refractivity contribution in [1.82, 2.24) is 4.90 Å². The number of rotatable bonds is 6. The summed E-state index contributed by atoms with van der Waals surface area (Å²) in [6, 6.07) is 9.32. The summed E-state index contributed by atoms with van der Waals surface area (Å²) in [4.78, 5) is 2.49. The van der Waals surface area contributed by atoms with Gasteiger partial charge in [0.2, 0.25) is 0 Å². The molecular formula is C16H25NO2. The molecule has 1 heterocycles. The number of aliphatic hydroxyl groups excluding tert-OH is 1. The van der Waals surface area contributed by atoms with E-state index in [1.165, 1.54) is 17.5 Å². The zero-order valence-electron chi connectivity index (χ0n) is 12.0. The largest absolute Gasteiger partial charge is 0.394 e. The second-order valence-electron chi connectivity index (χ2n) is 5.47. The molecule has 0 aliphatic carbocycles. The number of hydrogen-bond donors (Lipinski definition) is 1. The average Bonchev–Trinajstić information content (AvgIpc) is 2.77. The summed E-state index contributed by atoms with van der Waals surface area (Å²) >= 11 is 0. The van der Waals surface area contributed by atoms with E-state index in [9.17, 15) is 0 Å². The van der Waals surface area contributed by atoms with Crippen molar-refractivity contribution >= 4 is 0 Å². The van der Waals surface area contributed by atoms with Gasteiger partial charge in [0.15, 0.2) is 0 Å². The number of hydrogen-bond acceptors (Lipinski definition) is 3. The van der Waals surface area contributed by atoms with Crippen LogP contribution in [0.1, 0.15) is 30.4 Å². The number of aryl methyl sites for hydroxylation is 1. The predicted octanol–water partition coefficient (Wildman–Crippen LogP) is 2.18. The molecule has 2 unspecified atom stereocenters. The van der Waals surface area contributed by atoms with E-state index in [2.05, 4.69) is 43.0 Å². The lowest BCUT2D eigenvalue weighted by Crippen LogP contribution is -2.31. The van der Waals surface area contributed by atoms with Gasteiger partial charge in [0.05, 0.1) is 19.8 Å². The Labute approximate surface area is 116 Å². The topological polar surface area (TPSA) is 32.7 Å². The third-order valence-corrected chi connectivity index (χ3v) is 4.09. The Hall–Kier alpha value is -0.900. The lowest BCUT2D eigenvalue weighted by atomic mass is 9.93. The Bertz CT molecular complexity index is 394. The van der Waals surface area contributed by atoms with E-state index < -0.39 is 0 Å². The van der Waals surface area contributed by atoms with Gasteiger partial charge in [-0.15, -0.1) is 0 Å². The SMILES string of the molecule is Cc1ccccc1C1CC(C)N(CCOCCO)C1. The van der Waals surface area contributed by atoms with Crippen LogP contribution in [0.25, 0.3) is 0 Å². The third-order valence-electron chi connectivity index (χ3n) is 4.09. The fourth-order valence-electron chi connectivity index (χ4n) is 3.03. The highest BCUT2D eigenvalue weighted by atomic mass is 16.5. The molecule has 1 aromatic carbocycles. The molecule has 0 aromatic heterocycles. The minimum absolute atomic E-state index is 0.112. The highest BCUT2D eigenvalue weighted by Gasteiger charge is 2.30. The van der Waals surface area contributed by atoms with Crippen molar-refractivity contribution in [2.45, 2.75) is 32.2 Å². The van der Waals surface area contributed by atoms with Gasteiger partial charge < -0.3 is 9.84 Å². The van der Waals surface area contributed by atoms with E-state index >= 15 is 0 Å². The first-order valence-electron chi connectivity index (χ1n) is 7.20. The van der Waals surface area contributed by atoms with E-state index in [-0.39, 0.29) is 6.61 Å². The predicted molar refractivity (Wildman–Crippen MR) is 77.5 cm³/mol. The summed E-state index contributed by atoms with van der Waals surface area (Å²) in [5, 5.41) is 8.69. The van der Waals surface area contributed by atoms with Gasteiger partial charge in [0, 0.05) is 19.1 Å². The van der Waals surface area contributed by atoms with E-state index in [0.29, 0.717) is 25.2 Å². The Morgan fingerprint density at radius 2 is 2.11 bits per heavy atom. The Kier molecular flexibility index (Phi) is 5.37. The van der Waals surface area contributed by atoms with Crippen LogP contribution in [-0.2, 0) is 4.74 Å². The molecule has 1 aromatic rings. The average molecular weight is 263 g/mol. The van der Waals surface area contributed by atoms with E-state index in [1.54, 1.807) is 0 Å². The molecule has 0 amide bonds. The zero-order chi connectivity index (χ0) is 13.7. The molecule has 1 saturated heterocycles. The monoisotopic (exact) mass is 263 g/mol. The highest BCUT2D eigenvalue weighted by Crippen LogP contribution is 2.32. The van der Waals surface area contributed by atoms with Crippen LogP contribution in [0.15, 0.2) is 24.3 Å². The van der Waals surface area contributed by atoms with Gasteiger partial charge >= 0.3 is 0 Å². The van der Waals surface area contributed by atoms with Gasteiger partial charge in [-0.05, 0) is 37.3 Å². The maximum Gasteiger partial charge on any atom is 0.0698 e. The second-order valence-corrected chi connectivity index (χ2v) is 5.47. The van der Waals surface area contributed by atoms with Crippen LogP contribution < -0.4 is 0 Å². The molecule has 106 valence electrons. The quantitative estimate of drug-likeness (QED) is 0.799. The van der Waals surface area contributed by atoms with Gasteiger partial charge in [-0.1, -0.05) is 24.3 Å². The van der Waals surface area contributed by atoms with Crippen molar-refractivity contribution in [2.24, 2.45) is 0 Å². The summed E-state index contributed by atoms with van der Waals surface area (Å²) in [5.74, 6) is 0.647. The molecule has 3 heteroatoms. The van der Waals surface area contributed by atoms with Gasteiger partial charge in [0.25, 0.3) is 0 Å². The van der Waals surface area contributed by atoms with Gasteiger partial charge in [-0.2, -0.15) is 0 Å². The summed E-state index contributed by atoms with van der Waals surface area (Å²) in [5.41, 5.74) is 2.89. The maximum absolute atomic E-state index is 8.69. The number of ether oxygens (including phenoxy) is 1. The molecule has 2 rings (SSSR count). The first-order valence-corrected chi connectivity index (χ1v) is 7.20. The lowest BCUT2D eigenvalue weighted by Gasteiger charge is -2.20. The van der Waals surface area contributed by atoms with Gasteiger partial charge in [-0.25, -0.2) is 0 Å². The van der Waals surface area contributed by atoms with E-state index in [4.69, 9.17) is 9.84 Å². The number of likely N-dealkylation sites (tertiary alicyclic amines) is 1. The molecule has 1 fully saturated rings. The first kappa shape index (κ1) is 14.5. The van der Waals surface area contributed by atoms with Crippen molar-refractivity contribution in [3.8, 4) is 0 Å². The normalized spacial score (nSPS) is 23.9. The van der Waals surface area contributed by atoms with Gasteiger partial charge in [0.1, 0.15) is 0 Å². The van der Waals surface area contributed by atoms with E-state index in [0.717, 1.165) is 13.1 Å². The molecule has 0 radical (unpaired) electrons. The molecule has 0 bridgehead atoms. The summed E-state index contributed by atoms with van der Waals surface area (Å²) in [6.07, 6.45) is 1.23. The molecule has 1 N–H and O–H groups in total. The Morgan fingerprint density at radius 3 is 2.84 bits per heavy atom. The number of aliphatic hydroxyl groups is 1. The van der Waals surface area contributed by atoms with Crippen molar-refractivity contribution in [2.75, 3.05) is 32.9 Å².